The highest BCUT2D eigenvalue weighted by molar-refractivity contribution is 9.10. The summed E-state index contributed by atoms with van der Waals surface area (Å²) in [7, 11) is 0. The van der Waals surface area contributed by atoms with E-state index in [0.29, 0.717) is 21.2 Å². The average molecular weight is 350 g/mol. The summed E-state index contributed by atoms with van der Waals surface area (Å²) in [4.78, 5) is 9.35. The second-order valence-electron chi connectivity index (χ2n) is 3.14. The van der Waals surface area contributed by atoms with Crippen molar-refractivity contribution in [2.24, 2.45) is 0 Å². The molecule has 0 aliphatic heterocycles. The van der Waals surface area contributed by atoms with Crippen molar-refractivity contribution in [2.45, 2.75) is 10.6 Å². The fraction of sp³-hybridized carbons (Fsp3) is 0.0909. The summed E-state index contributed by atoms with van der Waals surface area (Å²) < 4.78 is 0.700. The van der Waals surface area contributed by atoms with E-state index >= 15 is 0 Å². The zero-order valence-corrected chi connectivity index (χ0v) is 12.4. The predicted octanol–water partition coefficient (Wildman–Crippen LogP) is 4.84. The molecule has 6 heteroatoms. The van der Waals surface area contributed by atoms with Crippen molar-refractivity contribution < 1.29 is 0 Å². The first-order valence-corrected chi connectivity index (χ1v) is 7.24. The number of aromatic nitrogens is 2. The molecule has 0 saturated heterocycles. The maximum Gasteiger partial charge on any atom is 0.146 e. The van der Waals surface area contributed by atoms with Crippen molar-refractivity contribution in [1.29, 1.82) is 0 Å². The molecule has 88 valence electrons. The van der Waals surface area contributed by atoms with E-state index < -0.39 is 0 Å². The van der Waals surface area contributed by atoms with E-state index in [1.165, 1.54) is 0 Å². The minimum Gasteiger partial charge on any atom is -0.239 e. The predicted molar refractivity (Wildman–Crippen MR) is 75.8 cm³/mol. The summed E-state index contributed by atoms with van der Waals surface area (Å²) in [5.74, 6) is 1.32. The second-order valence-corrected chi connectivity index (χ2v) is 5.78. The molecule has 0 atom stereocenters. The molecule has 0 saturated carbocycles. The molecule has 2 rings (SSSR count). The normalized spacial score (nSPS) is 10.5. The number of rotatable bonds is 3. The highest BCUT2D eigenvalue weighted by Crippen LogP contribution is 2.29. The highest BCUT2D eigenvalue weighted by atomic mass is 79.9. The minimum absolute atomic E-state index is 0.426. The fourth-order valence-corrected chi connectivity index (χ4v) is 2.59. The van der Waals surface area contributed by atoms with Gasteiger partial charge in [0.05, 0.1) is 15.2 Å². The minimum atomic E-state index is 0.426. The molecular weight excluding hydrogens is 343 g/mol. The number of hydrogen-bond acceptors (Lipinski definition) is 3. The monoisotopic (exact) mass is 348 g/mol. The number of nitrogens with zero attached hydrogens (tertiary/aromatic N) is 2. The highest BCUT2D eigenvalue weighted by Gasteiger charge is 2.05. The molecular formula is C11H7BrCl2N2S. The molecule has 0 fully saturated rings. The van der Waals surface area contributed by atoms with Gasteiger partial charge in [0.2, 0.25) is 0 Å². The molecule has 0 aliphatic carbocycles. The van der Waals surface area contributed by atoms with E-state index in [9.17, 15) is 0 Å². The molecule has 0 radical (unpaired) electrons. The van der Waals surface area contributed by atoms with Crippen LogP contribution in [0.15, 0.2) is 39.8 Å². The van der Waals surface area contributed by atoms with Crippen molar-refractivity contribution in [3.05, 3.63) is 50.9 Å². The largest absolute Gasteiger partial charge is 0.239 e. The third-order valence-electron chi connectivity index (χ3n) is 1.94. The summed E-state index contributed by atoms with van der Waals surface area (Å²) in [6, 6.07) is 7.68. The van der Waals surface area contributed by atoms with Gasteiger partial charge in [0.25, 0.3) is 0 Å². The Bertz CT molecular complexity index is 537. The first-order chi connectivity index (χ1) is 8.16. The third kappa shape index (κ3) is 3.58. The van der Waals surface area contributed by atoms with Crippen LogP contribution in [0.2, 0.25) is 10.2 Å². The van der Waals surface area contributed by atoms with Crippen molar-refractivity contribution in [1.82, 2.24) is 9.97 Å². The van der Waals surface area contributed by atoms with Gasteiger partial charge in [-0.3, -0.25) is 0 Å². The van der Waals surface area contributed by atoms with Crippen LogP contribution >= 0.6 is 50.9 Å². The molecule has 1 heterocycles. The Morgan fingerprint density at radius 1 is 1.24 bits per heavy atom. The third-order valence-corrected chi connectivity index (χ3v) is 4.55. The van der Waals surface area contributed by atoms with E-state index in [0.717, 1.165) is 9.92 Å². The van der Waals surface area contributed by atoms with Crippen LogP contribution in [0.25, 0.3) is 0 Å². The Balaban J connectivity index is 2.08. The van der Waals surface area contributed by atoms with Gasteiger partial charge in [-0.1, -0.05) is 35.3 Å². The second kappa shape index (κ2) is 6.05. The lowest BCUT2D eigenvalue weighted by Crippen LogP contribution is -1.92. The first kappa shape index (κ1) is 13.1. The lowest BCUT2D eigenvalue weighted by molar-refractivity contribution is 1.02. The van der Waals surface area contributed by atoms with E-state index in [2.05, 4.69) is 25.9 Å². The molecule has 0 spiro atoms. The Morgan fingerprint density at radius 2 is 2.00 bits per heavy atom. The number of benzene rings is 1. The molecule has 1 aromatic carbocycles. The van der Waals surface area contributed by atoms with Crippen LogP contribution < -0.4 is 0 Å². The number of hydrogen-bond donors (Lipinski definition) is 0. The lowest BCUT2D eigenvalue weighted by atomic mass is 10.4. The molecule has 2 aromatic rings. The maximum absolute atomic E-state index is 6.05. The molecule has 0 N–H and O–H groups in total. The van der Waals surface area contributed by atoms with Crippen molar-refractivity contribution in [3.8, 4) is 0 Å². The molecule has 0 aliphatic rings. The van der Waals surface area contributed by atoms with Gasteiger partial charge in [0.15, 0.2) is 0 Å². The average Bonchev–Trinajstić information content (AvgIpc) is 2.32. The van der Waals surface area contributed by atoms with E-state index in [1.807, 2.05) is 24.3 Å². The molecule has 1 aromatic heterocycles. The SMILES string of the molecule is Clc1ccccc1SCc1ncc(Br)c(Cl)n1. The van der Waals surface area contributed by atoms with E-state index in [1.54, 1.807) is 18.0 Å². The Hall–Kier alpha value is -0.290. The topological polar surface area (TPSA) is 25.8 Å². The molecule has 0 amide bonds. The van der Waals surface area contributed by atoms with Crippen LogP contribution in [-0.4, -0.2) is 9.97 Å². The molecule has 17 heavy (non-hydrogen) atoms. The van der Waals surface area contributed by atoms with Gasteiger partial charge in [-0.15, -0.1) is 11.8 Å². The zero-order valence-electron chi connectivity index (χ0n) is 8.53. The molecule has 2 nitrogen and oxygen atoms in total. The van der Waals surface area contributed by atoms with Gasteiger partial charge >= 0.3 is 0 Å². The van der Waals surface area contributed by atoms with Gasteiger partial charge in [-0.2, -0.15) is 0 Å². The fourth-order valence-electron chi connectivity index (χ4n) is 1.15. The van der Waals surface area contributed by atoms with Crippen LogP contribution in [0.3, 0.4) is 0 Å². The Kier molecular flexibility index (Phi) is 4.68. The molecule has 0 unspecified atom stereocenters. The maximum atomic E-state index is 6.05. The van der Waals surface area contributed by atoms with Gasteiger partial charge in [0, 0.05) is 11.1 Å². The van der Waals surface area contributed by atoms with Crippen LogP contribution in [0.4, 0.5) is 0 Å². The van der Waals surface area contributed by atoms with Crippen molar-refractivity contribution in [3.63, 3.8) is 0 Å². The van der Waals surface area contributed by atoms with Gasteiger partial charge in [-0.25, -0.2) is 9.97 Å². The lowest BCUT2D eigenvalue weighted by Gasteiger charge is -2.03. The van der Waals surface area contributed by atoms with Crippen LogP contribution in [-0.2, 0) is 5.75 Å². The van der Waals surface area contributed by atoms with Crippen molar-refractivity contribution >= 4 is 50.9 Å². The Morgan fingerprint density at radius 3 is 2.71 bits per heavy atom. The summed E-state index contributed by atoms with van der Waals surface area (Å²) in [5.41, 5.74) is 0. The van der Waals surface area contributed by atoms with Crippen LogP contribution in [0.1, 0.15) is 5.82 Å². The van der Waals surface area contributed by atoms with Gasteiger partial charge < -0.3 is 0 Å². The first-order valence-electron chi connectivity index (χ1n) is 4.71. The zero-order chi connectivity index (χ0) is 12.3. The summed E-state index contributed by atoms with van der Waals surface area (Å²) >= 11 is 16.8. The molecule has 0 bridgehead atoms. The summed E-state index contributed by atoms with van der Waals surface area (Å²) in [6.07, 6.45) is 1.65. The van der Waals surface area contributed by atoms with E-state index in [-0.39, 0.29) is 0 Å². The smallest absolute Gasteiger partial charge is 0.146 e. The van der Waals surface area contributed by atoms with Crippen LogP contribution in [0, 0.1) is 0 Å². The quantitative estimate of drug-likeness (QED) is 0.585. The number of thioether (sulfide) groups is 1. The summed E-state index contributed by atoms with van der Waals surface area (Å²) in [6.45, 7) is 0. The van der Waals surface area contributed by atoms with E-state index in [4.69, 9.17) is 23.2 Å². The number of halogens is 3. The Labute approximate surface area is 122 Å². The summed E-state index contributed by atoms with van der Waals surface area (Å²) in [5, 5.41) is 1.16. The van der Waals surface area contributed by atoms with Gasteiger partial charge in [0.1, 0.15) is 11.0 Å². The van der Waals surface area contributed by atoms with Crippen LogP contribution in [0.5, 0.6) is 0 Å². The standard InChI is InChI=1S/C11H7BrCl2N2S/c12-7-5-15-10(16-11(7)14)6-17-9-4-2-1-3-8(9)13/h1-5H,6H2. The van der Waals surface area contributed by atoms with Gasteiger partial charge in [-0.05, 0) is 28.1 Å². The van der Waals surface area contributed by atoms with Crippen molar-refractivity contribution in [2.75, 3.05) is 0 Å².